The van der Waals surface area contributed by atoms with Crippen LogP contribution < -0.4 is 5.32 Å². The Balaban J connectivity index is 0.000000160. The molecular weight excluding hydrogens is 893 g/mol. The molecule has 9 heterocycles. The zero-order chi connectivity index (χ0) is 46.3. The van der Waals surface area contributed by atoms with Gasteiger partial charge < -0.3 is 15.1 Å². The van der Waals surface area contributed by atoms with Crippen LogP contribution in [0.5, 0.6) is 0 Å². The lowest BCUT2D eigenvalue weighted by atomic mass is 9.93. The molecule has 18 nitrogen and oxygen atoms in total. The molecule has 11 rings (SSSR count). The van der Waals surface area contributed by atoms with Gasteiger partial charge in [0.1, 0.15) is 11.6 Å². The number of carbonyl (C=O) groups excluding carboxylic acids is 1. The lowest BCUT2D eigenvalue weighted by molar-refractivity contribution is -0.113. The van der Waals surface area contributed by atoms with E-state index in [-0.39, 0.29) is 33.2 Å². The van der Waals surface area contributed by atoms with E-state index in [1.807, 2.05) is 25.2 Å². The summed E-state index contributed by atoms with van der Waals surface area (Å²) in [5, 5.41) is 20.8. The molecule has 8 aromatic rings. The number of nitrogens with zero attached hydrogens (tertiary/aromatic N) is 12. The second kappa shape index (κ2) is 16.2. The number of amides is 2. The van der Waals surface area contributed by atoms with Crippen LogP contribution in [0.25, 0.3) is 33.6 Å². The molecule has 344 valence electrons. The first-order valence-corrected chi connectivity index (χ1v) is 24.7. The van der Waals surface area contributed by atoms with E-state index in [1.165, 1.54) is 16.4 Å². The van der Waals surface area contributed by atoms with E-state index >= 15 is 0 Å². The zero-order valence-corrected chi connectivity index (χ0v) is 38.2. The van der Waals surface area contributed by atoms with Crippen molar-refractivity contribution in [1.82, 2.24) is 62.2 Å². The number of likely N-dealkylation sites (tertiary alicyclic amines) is 2. The monoisotopic (exact) mass is 939 g/mol. The highest BCUT2D eigenvalue weighted by Crippen LogP contribution is 2.38. The third-order valence-corrected chi connectivity index (χ3v) is 16.5. The summed E-state index contributed by atoms with van der Waals surface area (Å²) in [7, 11) is -7.64. The number of halogens is 2. The molecule has 0 saturated carbocycles. The second-order valence-corrected chi connectivity index (χ2v) is 21.0. The number of fused-ring (bicyclic) bond motifs is 6. The molecule has 3 aliphatic heterocycles. The van der Waals surface area contributed by atoms with Crippen LogP contribution in [0.1, 0.15) is 61.3 Å². The topological polar surface area (TPSA) is 200 Å². The maximum Gasteiger partial charge on any atom is 0.320 e. The lowest BCUT2D eigenvalue weighted by Crippen LogP contribution is -2.61. The molecule has 4 atom stereocenters. The van der Waals surface area contributed by atoms with E-state index in [0.717, 1.165) is 51.8 Å². The quantitative estimate of drug-likeness (QED) is 0.202. The molecule has 0 bridgehead atoms. The van der Waals surface area contributed by atoms with Crippen molar-refractivity contribution in [1.29, 1.82) is 0 Å². The lowest BCUT2D eigenvalue weighted by Gasteiger charge is -2.40. The standard InChI is InChI=1S/C24H25F2N7O3S.C20H22N6O2S/c1-3-16-11-30(23(34)31-13-24(25,26)14-31)12-18(16)21-29-28-20-10-27-22-19(33(20)21)8-9-32(22)37(35,36)17-6-4-15(2)5-7-17;1-3-14-10-21-11-16(14)19-24-23-18-12-22-20-17(26(18)19)8-9-25(20)29(27,28)15-6-4-13(2)5-7-15/h4-10,16,18H,3,11-14H2,1-2H3;4-9,12,14,16,21H,3,10-11H2,1-2H3/t16-,18+;14-,16+/m11/s1. The van der Waals surface area contributed by atoms with Crippen LogP contribution in [0, 0.1) is 25.7 Å². The molecule has 2 amide bonds. The summed E-state index contributed by atoms with van der Waals surface area (Å²) in [4.78, 5) is 24.8. The minimum absolute atomic E-state index is 0.0414. The Bertz CT molecular complexity index is 3380. The molecular formula is C44H47F2N13O5S2. The molecule has 66 heavy (non-hydrogen) atoms. The Morgan fingerprint density at radius 3 is 1.61 bits per heavy atom. The smallest absolute Gasteiger partial charge is 0.320 e. The summed E-state index contributed by atoms with van der Waals surface area (Å²) in [6, 6.07) is 16.5. The van der Waals surface area contributed by atoms with Crippen molar-refractivity contribution < 1.29 is 30.4 Å². The highest BCUT2D eigenvalue weighted by atomic mass is 32.2. The minimum Gasteiger partial charge on any atom is -0.324 e. The number of benzene rings is 2. The van der Waals surface area contributed by atoms with E-state index in [0.29, 0.717) is 52.8 Å². The van der Waals surface area contributed by atoms with E-state index in [9.17, 15) is 30.4 Å². The van der Waals surface area contributed by atoms with Gasteiger partial charge in [-0.3, -0.25) is 8.80 Å². The Labute approximate surface area is 378 Å². The summed E-state index contributed by atoms with van der Waals surface area (Å²) in [5.41, 5.74) is 4.85. The average molecular weight is 940 g/mol. The number of hydrogen-bond donors (Lipinski definition) is 1. The van der Waals surface area contributed by atoms with Crippen LogP contribution in [0.2, 0.25) is 0 Å². The molecule has 3 aliphatic rings. The molecule has 0 aliphatic carbocycles. The van der Waals surface area contributed by atoms with Gasteiger partial charge in [0, 0.05) is 43.9 Å². The zero-order valence-electron chi connectivity index (χ0n) is 36.5. The van der Waals surface area contributed by atoms with Crippen LogP contribution in [0.3, 0.4) is 0 Å². The SMILES string of the molecule is CC[C@@H]1CN(C(=O)N2CC(F)(F)C2)C[C@@H]1c1nnc2cnc3c(ccn3S(=O)(=O)c3ccc(C)cc3)n12.CC[C@@H]1CNC[C@@H]1c1nnc2cnc3c(ccn3S(=O)(=O)c3ccc(C)cc3)n12. The van der Waals surface area contributed by atoms with Crippen molar-refractivity contribution in [2.75, 3.05) is 39.3 Å². The summed E-state index contributed by atoms with van der Waals surface area (Å²) in [6.45, 7) is 9.39. The first-order chi connectivity index (χ1) is 31.6. The van der Waals surface area contributed by atoms with Gasteiger partial charge in [0.2, 0.25) is 0 Å². The first kappa shape index (κ1) is 43.5. The number of hydrogen-bond acceptors (Lipinski definition) is 12. The number of aromatic nitrogens is 10. The Morgan fingerprint density at radius 1 is 0.652 bits per heavy atom. The third kappa shape index (κ3) is 7.25. The number of alkyl halides is 2. The van der Waals surface area contributed by atoms with E-state index in [2.05, 4.69) is 42.6 Å². The molecule has 3 saturated heterocycles. The van der Waals surface area contributed by atoms with Gasteiger partial charge in [0.25, 0.3) is 26.0 Å². The van der Waals surface area contributed by atoms with Crippen molar-refractivity contribution in [3.63, 3.8) is 0 Å². The molecule has 2 aromatic carbocycles. The highest BCUT2D eigenvalue weighted by Gasteiger charge is 2.49. The van der Waals surface area contributed by atoms with E-state index < -0.39 is 45.1 Å². The average Bonchev–Trinajstić information content (AvgIpc) is 4.15. The molecule has 1 N–H and O–H groups in total. The minimum atomic E-state index is -3.89. The summed E-state index contributed by atoms with van der Waals surface area (Å²) in [6.07, 6.45) is 7.87. The van der Waals surface area contributed by atoms with Gasteiger partial charge in [0.05, 0.1) is 46.3 Å². The van der Waals surface area contributed by atoms with Gasteiger partial charge in [-0.05, 0) is 68.6 Å². The predicted octanol–water partition coefficient (Wildman–Crippen LogP) is 5.46. The Hall–Kier alpha value is -6.39. The number of urea groups is 1. The molecule has 0 unspecified atom stereocenters. The number of carbonyl (C=O) groups is 1. The van der Waals surface area contributed by atoms with Gasteiger partial charge >= 0.3 is 6.03 Å². The van der Waals surface area contributed by atoms with Gasteiger partial charge in [-0.15, -0.1) is 20.4 Å². The summed E-state index contributed by atoms with van der Waals surface area (Å²) >= 11 is 0. The van der Waals surface area contributed by atoms with Gasteiger partial charge in [-0.1, -0.05) is 62.1 Å². The van der Waals surface area contributed by atoms with Crippen molar-refractivity contribution in [3.8, 4) is 0 Å². The molecule has 0 radical (unpaired) electrons. The largest absolute Gasteiger partial charge is 0.324 e. The van der Waals surface area contributed by atoms with Gasteiger partial charge in [-0.25, -0.2) is 48.3 Å². The number of nitrogens with one attached hydrogen (secondary N) is 1. The van der Waals surface area contributed by atoms with Crippen molar-refractivity contribution in [3.05, 3.63) is 108 Å². The van der Waals surface area contributed by atoms with Crippen LogP contribution in [0.15, 0.2) is 95.2 Å². The predicted molar refractivity (Wildman–Crippen MR) is 239 cm³/mol. The van der Waals surface area contributed by atoms with Crippen LogP contribution >= 0.6 is 0 Å². The maximum absolute atomic E-state index is 13.4. The van der Waals surface area contributed by atoms with Crippen molar-refractivity contribution in [2.45, 2.75) is 68.1 Å². The van der Waals surface area contributed by atoms with Crippen LogP contribution in [-0.2, 0) is 20.0 Å². The van der Waals surface area contributed by atoms with Crippen molar-refractivity contribution in [2.24, 2.45) is 11.8 Å². The summed E-state index contributed by atoms with van der Waals surface area (Å²) < 4.78 is 85.9. The third-order valence-electron chi connectivity index (χ3n) is 13.2. The van der Waals surface area contributed by atoms with E-state index in [1.54, 1.807) is 82.4 Å². The first-order valence-electron chi connectivity index (χ1n) is 21.8. The van der Waals surface area contributed by atoms with Crippen LogP contribution in [-0.4, -0.2) is 125 Å². The van der Waals surface area contributed by atoms with E-state index in [4.69, 9.17) is 0 Å². The maximum atomic E-state index is 13.4. The molecule has 22 heteroatoms. The fourth-order valence-corrected chi connectivity index (χ4v) is 12.1. The van der Waals surface area contributed by atoms with Gasteiger partial charge in [0.15, 0.2) is 22.6 Å². The number of aryl methyl sites for hydroxylation is 2. The fourth-order valence-electron chi connectivity index (χ4n) is 9.47. The molecule has 0 spiro atoms. The number of rotatable bonds is 8. The normalized spacial score (nSPS) is 20.9. The van der Waals surface area contributed by atoms with Crippen molar-refractivity contribution >= 4 is 59.7 Å². The highest BCUT2D eigenvalue weighted by molar-refractivity contribution is 7.90. The Kier molecular flexibility index (Phi) is 10.7. The second-order valence-electron chi connectivity index (χ2n) is 17.4. The fraction of sp³-hybridized carbons (Fsp3) is 0.386. The van der Waals surface area contributed by atoms with Crippen LogP contribution in [0.4, 0.5) is 13.6 Å². The summed E-state index contributed by atoms with van der Waals surface area (Å²) in [5.74, 6) is -0.833. The molecule has 6 aromatic heterocycles. The molecule has 3 fully saturated rings. The van der Waals surface area contributed by atoms with Gasteiger partial charge in [-0.2, -0.15) is 0 Å². The Morgan fingerprint density at radius 2 is 1.14 bits per heavy atom.